The van der Waals surface area contributed by atoms with E-state index in [-0.39, 0.29) is 44.5 Å². The van der Waals surface area contributed by atoms with Crippen LogP contribution in [-0.2, 0) is 23.8 Å². The number of ether oxygens (including phenoxy) is 4. The third-order valence-corrected chi connectivity index (χ3v) is 13.5. The number of amides is 1. The van der Waals surface area contributed by atoms with Gasteiger partial charge in [-0.25, -0.2) is 0 Å². The number of nitrogens with one attached hydrogen (secondary N) is 1. The number of hydrogen-bond donors (Lipinski definition) is 6. The fraction of sp³-hybridized carbons (Fsp3) is 0.574. The van der Waals surface area contributed by atoms with Crippen molar-refractivity contribution >= 4 is 40.3 Å². The highest BCUT2D eigenvalue weighted by Crippen LogP contribution is 2.55. The number of benzene rings is 2. The summed E-state index contributed by atoms with van der Waals surface area (Å²) in [5.41, 5.74) is -0.293. The molecule has 5 bridgehead atoms. The molecular weight excluding hydrogens is 813 g/mol. The molecule has 63 heavy (non-hydrogen) atoms. The summed E-state index contributed by atoms with van der Waals surface area (Å²) in [7, 11) is 1.44. The minimum Gasteiger partial charge on any atom is -0.507 e. The number of anilines is 1. The zero-order chi connectivity index (χ0) is 46.1. The van der Waals surface area contributed by atoms with Crippen molar-refractivity contribution in [2.24, 2.45) is 28.8 Å². The lowest BCUT2D eigenvalue weighted by atomic mass is 9.78. The molecule has 4 heterocycles. The lowest BCUT2D eigenvalue weighted by Gasteiger charge is -2.38. The highest BCUT2D eigenvalue weighted by Gasteiger charge is 2.50. The Morgan fingerprint density at radius 2 is 1.59 bits per heavy atom. The van der Waals surface area contributed by atoms with Crippen LogP contribution in [0.3, 0.4) is 0 Å². The number of esters is 1. The van der Waals surface area contributed by atoms with E-state index in [4.69, 9.17) is 18.9 Å². The van der Waals surface area contributed by atoms with Gasteiger partial charge in [-0.2, -0.15) is 5.10 Å². The number of hydrazone groups is 1. The van der Waals surface area contributed by atoms with Crippen molar-refractivity contribution in [1.29, 1.82) is 0 Å². The van der Waals surface area contributed by atoms with Gasteiger partial charge in [-0.05, 0) is 32.8 Å². The SMILES string of the molecule is CO[C@H]1/C=C/O[C@]2(C)Oc3c(C)c(O)c4c(O)c(c(/C=N/N5CCN(C6CCCC6)CC5)c(O)c4c3C2=O)NC(=O)/C(C)=C/C=C/[C@H](C)[C@@H](O)[C@@H](C)[C@@H](O)[C@H](C)[C@H](OC(C)=O)[C@H]1C. The van der Waals surface area contributed by atoms with Gasteiger partial charge in [0.05, 0.1) is 53.0 Å². The van der Waals surface area contributed by atoms with E-state index in [1.54, 1.807) is 39.8 Å². The van der Waals surface area contributed by atoms with Crippen molar-refractivity contribution in [2.45, 2.75) is 117 Å². The van der Waals surface area contributed by atoms with Crippen molar-refractivity contribution in [2.75, 3.05) is 38.6 Å². The Kier molecular flexibility index (Phi) is 14.5. The maximum Gasteiger partial charge on any atom is 0.312 e. The normalized spacial score (nSPS) is 32.4. The number of Topliss-reactive ketones (excluding diaryl/α,β-unsaturated/α-hetero) is 1. The molecule has 16 heteroatoms. The molecule has 0 aromatic heterocycles. The van der Waals surface area contributed by atoms with E-state index < -0.39 is 88.8 Å². The van der Waals surface area contributed by atoms with Gasteiger partial charge in [0.15, 0.2) is 5.75 Å². The van der Waals surface area contributed by atoms with Crippen LogP contribution in [0.1, 0.15) is 95.6 Å². The van der Waals surface area contributed by atoms with Gasteiger partial charge in [0.25, 0.3) is 11.7 Å². The Bertz CT molecular complexity index is 2190. The van der Waals surface area contributed by atoms with Crippen molar-refractivity contribution in [3.63, 3.8) is 0 Å². The molecule has 6 N–H and O–H groups in total. The molecule has 9 atom stereocenters. The number of hydrogen-bond acceptors (Lipinski definition) is 15. The number of aliphatic hydroxyl groups excluding tert-OH is 2. The Balaban J connectivity index is 1.47. The molecule has 2 aromatic carbocycles. The van der Waals surface area contributed by atoms with E-state index in [0.29, 0.717) is 19.1 Å². The average molecular weight is 877 g/mol. The number of allylic oxidation sites excluding steroid dienone is 2. The molecule has 4 aliphatic heterocycles. The summed E-state index contributed by atoms with van der Waals surface area (Å²) in [5.74, 6) is -8.28. The molecule has 2 aromatic rings. The Morgan fingerprint density at radius 3 is 2.22 bits per heavy atom. The Hall–Kier alpha value is -5.16. The predicted octanol–water partition coefficient (Wildman–Crippen LogP) is 5.65. The molecule has 1 saturated heterocycles. The summed E-state index contributed by atoms with van der Waals surface area (Å²) >= 11 is 0. The molecule has 0 unspecified atom stereocenters. The summed E-state index contributed by atoms with van der Waals surface area (Å²) < 4.78 is 23.7. The summed E-state index contributed by atoms with van der Waals surface area (Å²) in [6.07, 6.45) is 9.75. The van der Waals surface area contributed by atoms with E-state index in [0.717, 1.165) is 13.1 Å². The van der Waals surface area contributed by atoms with Crippen molar-refractivity contribution in [1.82, 2.24) is 9.91 Å². The quantitative estimate of drug-likeness (QED) is 0.0926. The fourth-order valence-electron chi connectivity index (χ4n) is 9.47. The van der Waals surface area contributed by atoms with Gasteiger partial charge in [0.2, 0.25) is 0 Å². The number of nitrogens with zero attached hydrogens (tertiary/aromatic N) is 3. The van der Waals surface area contributed by atoms with E-state index in [1.807, 2.05) is 5.01 Å². The second kappa shape index (κ2) is 19.3. The second-order valence-electron chi connectivity index (χ2n) is 17.8. The van der Waals surface area contributed by atoms with E-state index >= 15 is 0 Å². The van der Waals surface area contributed by atoms with Crippen molar-refractivity contribution in [3.05, 3.63) is 52.8 Å². The van der Waals surface area contributed by atoms with E-state index in [1.165, 1.54) is 85.1 Å². The molecule has 0 spiro atoms. The molecule has 16 nitrogen and oxygen atoms in total. The van der Waals surface area contributed by atoms with Crippen molar-refractivity contribution in [3.8, 4) is 23.0 Å². The Morgan fingerprint density at radius 1 is 0.921 bits per heavy atom. The average Bonchev–Trinajstić information content (AvgIpc) is 3.89. The first-order valence-corrected chi connectivity index (χ1v) is 21.9. The molecule has 1 saturated carbocycles. The summed E-state index contributed by atoms with van der Waals surface area (Å²) in [4.78, 5) is 43.2. The number of aromatic hydroxyl groups is 3. The van der Waals surface area contributed by atoms with E-state index in [2.05, 4.69) is 15.3 Å². The van der Waals surface area contributed by atoms with Crippen LogP contribution in [0.2, 0.25) is 0 Å². The van der Waals surface area contributed by atoms with Gasteiger partial charge >= 0.3 is 11.8 Å². The van der Waals surface area contributed by atoms with Crippen LogP contribution in [0, 0.1) is 30.6 Å². The highest BCUT2D eigenvalue weighted by atomic mass is 16.7. The maximum absolute atomic E-state index is 14.5. The number of carbonyl (C=O) groups excluding carboxylic acids is 3. The number of phenolic OH excluding ortho intramolecular Hbond substituents is 3. The van der Waals surface area contributed by atoms with Gasteiger partial charge in [-0.15, -0.1) is 0 Å². The number of ketones is 1. The number of rotatable bonds is 5. The molecule has 344 valence electrons. The lowest BCUT2D eigenvalue weighted by Crippen LogP contribution is -2.47. The van der Waals surface area contributed by atoms with Crippen LogP contribution >= 0.6 is 0 Å². The van der Waals surface area contributed by atoms with Crippen LogP contribution in [-0.4, -0.2) is 129 Å². The largest absolute Gasteiger partial charge is 0.507 e. The molecule has 1 aliphatic carbocycles. The number of methoxy groups -OCH3 is 1. The minimum atomic E-state index is -2.04. The number of aliphatic hydroxyl groups is 2. The number of piperazine rings is 1. The molecule has 5 aliphatic rings. The van der Waals surface area contributed by atoms with E-state index in [9.17, 15) is 39.9 Å². The van der Waals surface area contributed by atoms with Crippen molar-refractivity contribution < 1.29 is 58.9 Å². The van der Waals surface area contributed by atoms with Crippen LogP contribution in [0.15, 0.2) is 41.2 Å². The molecule has 7 rings (SSSR count). The van der Waals surface area contributed by atoms with Crippen LogP contribution < -0.4 is 10.1 Å². The number of carbonyl (C=O) groups is 3. The van der Waals surface area contributed by atoms with Crippen LogP contribution in [0.4, 0.5) is 5.69 Å². The smallest absolute Gasteiger partial charge is 0.312 e. The molecule has 2 fully saturated rings. The lowest BCUT2D eigenvalue weighted by molar-refractivity contribution is -0.160. The summed E-state index contributed by atoms with van der Waals surface area (Å²) in [5, 5.41) is 67.6. The molecule has 0 radical (unpaired) electrons. The second-order valence-corrected chi connectivity index (χ2v) is 17.8. The van der Waals surface area contributed by atoms with Crippen LogP contribution in [0.25, 0.3) is 10.8 Å². The fourth-order valence-corrected chi connectivity index (χ4v) is 9.47. The van der Waals surface area contributed by atoms with Gasteiger partial charge in [0.1, 0.15) is 23.4 Å². The number of phenols is 3. The highest BCUT2D eigenvalue weighted by molar-refractivity contribution is 6.23. The zero-order valence-electron chi connectivity index (χ0n) is 37.8. The van der Waals surface area contributed by atoms with Gasteiger partial charge < -0.3 is 49.8 Å². The first-order valence-electron chi connectivity index (χ1n) is 21.9. The molecule has 1 amide bonds. The zero-order valence-corrected chi connectivity index (χ0v) is 37.8. The third kappa shape index (κ3) is 9.40. The third-order valence-electron chi connectivity index (χ3n) is 13.5. The van der Waals surface area contributed by atoms with Gasteiger partial charge in [-0.1, -0.05) is 58.8 Å². The van der Waals surface area contributed by atoms with Crippen LogP contribution in [0.5, 0.6) is 23.0 Å². The predicted molar refractivity (Wildman–Crippen MR) is 237 cm³/mol. The monoisotopic (exact) mass is 876 g/mol. The summed E-state index contributed by atoms with van der Waals surface area (Å²) in [6, 6.07) is 0.553. The first-order chi connectivity index (χ1) is 29.8. The number of fused-ring (bicyclic) bond motifs is 14. The van der Waals surface area contributed by atoms with Gasteiger partial charge in [-0.3, -0.25) is 24.3 Å². The molecular formula is C47H64N4O12. The first kappa shape index (κ1) is 47.3. The minimum absolute atomic E-state index is 0.0631. The van der Waals surface area contributed by atoms with Gasteiger partial charge in [0, 0.05) is 93.4 Å². The summed E-state index contributed by atoms with van der Waals surface area (Å²) in [6.45, 7) is 15.4. The Labute approximate surface area is 368 Å². The maximum atomic E-state index is 14.5. The standard InChI is InChI=1S/C47H64N4O12/c1-24-13-12-14-25(2)46(59)49-37-32(23-48-51-20-18-50(19-21-51)31-15-10-11-16-31)41(56)34-35(42(37)57)40(55)29(6)44-36(34)45(58)47(8,63-44)61-22-17-33(60-9)26(3)43(62-30(7)52)28(5)39(54)27(4)38(24)53/h12-14,17,22-24,26-28,31,33,38-39,43,53-57H,10-11,15-16,18-21H2,1-9H3,(H,49,59)/b13-12+,22-17+,25-14+,48-23+/t24-,26-,27+,28-,33-,38+,39+,43+,47+/m0/s1. The topological polar surface area (TPSA) is 220 Å².